The number of imidazole rings is 1. The van der Waals surface area contributed by atoms with Gasteiger partial charge in [0.15, 0.2) is 4.92 Å². The first-order valence-electron chi connectivity index (χ1n) is 3.96. The van der Waals surface area contributed by atoms with Gasteiger partial charge in [-0.25, -0.2) is 0 Å². The van der Waals surface area contributed by atoms with Crippen LogP contribution in [0.5, 0.6) is 6.01 Å². The zero-order valence-electron chi connectivity index (χ0n) is 7.43. The summed E-state index contributed by atoms with van der Waals surface area (Å²) in [5, 5.41) is 0. The first-order chi connectivity index (χ1) is 6.20. The van der Waals surface area contributed by atoms with E-state index < -0.39 is 0 Å². The third-order valence-electron chi connectivity index (χ3n) is 1.84. The molecule has 70 valence electrons. The maximum absolute atomic E-state index is 11.0. The molecule has 0 spiro atoms. The van der Waals surface area contributed by atoms with Gasteiger partial charge in [0.1, 0.15) is 19.4 Å². The second-order valence-corrected chi connectivity index (χ2v) is 2.90. The molecule has 1 aliphatic heterocycles. The normalized spacial score (nSPS) is 19.4. The molecule has 13 heavy (non-hydrogen) atoms. The fraction of sp³-hybridized carbons (Fsp3) is 0.571. The second-order valence-electron chi connectivity index (χ2n) is 2.90. The van der Waals surface area contributed by atoms with Crippen molar-refractivity contribution in [3.8, 4) is 6.01 Å². The van der Waals surface area contributed by atoms with E-state index in [4.69, 9.17) is 4.74 Å². The Balaban J connectivity index is 2.26. The lowest BCUT2D eigenvalue weighted by molar-refractivity contribution is -0.739. The molecule has 0 saturated heterocycles. The summed E-state index contributed by atoms with van der Waals surface area (Å²) in [5.41, 5.74) is 0. The molecule has 6 nitrogen and oxygen atoms in total. The van der Waals surface area contributed by atoms with Crippen LogP contribution in [0.4, 0.5) is 5.82 Å². The van der Waals surface area contributed by atoms with Crippen molar-refractivity contribution in [1.29, 1.82) is 0 Å². The Labute approximate surface area is 74.6 Å². The summed E-state index contributed by atoms with van der Waals surface area (Å²) in [6.07, 6.45) is 1.73. The molecule has 1 atom stereocenters. The van der Waals surface area contributed by atoms with Crippen LogP contribution in [-0.4, -0.2) is 27.7 Å². The van der Waals surface area contributed by atoms with Gasteiger partial charge < -0.3 is 9.57 Å². The molecule has 1 aromatic heterocycles. The molecule has 0 fully saturated rings. The first-order valence-corrected chi connectivity index (χ1v) is 3.96. The molecule has 0 radical (unpaired) electrons. The summed E-state index contributed by atoms with van der Waals surface area (Å²) in [6.45, 7) is 2.67. The van der Waals surface area contributed by atoms with Crippen molar-refractivity contribution in [2.24, 2.45) is 0 Å². The van der Waals surface area contributed by atoms with Crippen molar-refractivity contribution in [2.45, 2.75) is 19.6 Å². The van der Waals surface area contributed by atoms with Gasteiger partial charge in [0.2, 0.25) is 0 Å². The van der Waals surface area contributed by atoms with Crippen molar-refractivity contribution < 1.29 is 14.5 Å². The third kappa shape index (κ3) is 1.24. The van der Waals surface area contributed by atoms with Crippen LogP contribution >= 0.6 is 0 Å². The number of fused-ring (bicyclic) bond motifs is 1. The van der Waals surface area contributed by atoms with Crippen LogP contribution in [0.1, 0.15) is 6.92 Å². The zero-order valence-corrected chi connectivity index (χ0v) is 7.43. The molecule has 0 saturated carbocycles. The average molecular weight is 184 g/mol. The molecule has 2 heterocycles. The lowest BCUT2D eigenvalue weighted by Crippen LogP contribution is -2.08. The van der Waals surface area contributed by atoms with Crippen LogP contribution in [0.3, 0.4) is 0 Å². The van der Waals surface area contributed by atoms with E-state index in [1.165, 1.54) is 7.11 Å². The number of hydrogen-bond donors (Lipinski definition) is 0. The van der Waals surface area contributed by atoms with Crippen molar-refractivity contribution in [3.63, 3.8) is 0 Å². The minimum absolute atomic E-state index is 0.124. The van der Waals surface area contributed by atoms with Crippen LogP contribution < -0.4 is 4.74 Å². The second kappa shape index (κ2) is 2.72. The molecule has 2 rings (SSSR count). The molecule has 1 aromatic rings. The fourth-order valence-electron chi connectivity index (χ4n) is 1.29. The Morgan fingerprint density at radius 3 is 3.23 bits per heavy atom. The van der Waals surface area contributed by atoms with E-state index in [0.29, 0.717) is 10.9 Å². The number of rotatable bonds is 2. The molecule has 6 heteroatoms. The van der Waals surface area contributed by atoms with Gasteiger partial charge in [-0.2, -0.15) is 0 Å². The Hall–Kier alpha value is -1.59. The van der Waals surface area contributed by atoms with Crippen LogP contribution in [0.15, 0.2) is 6.20 Å². The van der Waals surface area contributed by atoms with Gasteiger partial charge in [-0.05, 0) is 11.8 Å². The fourth-order valence-corrected chi connectivity index (χ4v) is 1.29. The van der Waals surface area contributed by atoms with Gasteiger partial charge in [0.05, 0.1) is 6.54 Å². The third-order valence-corrected chi connectivity index (χ3v) is 1.84. The smallest absolute Gasteiger partial charge is 0.430 e. The molecule has 0 amide bonds. The van der Waals surface area contributed by atoms with E-state index in [0.717, 1.165) is 6.54 Å². The molecular formula is C7H10N3O3+. The molecule has 0 N–H and O–H groups in total. The van der Waals surface area contributed by atoms with Crippen molar-refractivity contribution in [3.05, 3.63) is 11.1 Å². The standard InChI is InChI=1S/C7H10N3O3/c1-5-3-9-4-6(10(11)12-2)8-7(9)13-5/h4-5H,3H2,1-2H3/q+1/t5-/m1/s1. The molecule has 1 aliphatic rings. The molecule has 0 aliphatic carbocycles. The Morgan fingerprint density at radius 2 is 2.62 bits per heavy atom. The predicted octanol–water partition coefficient (Wildman–Crippen LogP) is 0.636. The van der Waals surface area contributed by atoms with E-state index in [1.54, 1.807) is 10.8 Å². The minimum atomic E-state index is 0.124. The number of hydrogen-bond acceptors (Lipinski definition) is 4. The van der Waals surface area contributed by atoms with Crippen molar-refractivity contribution >= 4 is 5.82 Å². The van der Waals surface area contributed by atoms with Gasteiger partial charge in [-0.1, -0.05) is 0 Å². The van der Waals surface area contributed by atoms with Gasteiger partial charge in [0, 0.05) is 4.98 Å². The molecular weight excluding hydrogens is 174 g/mol. The largest absolute Gasteiger partial charge is 0.441 e. The van der Waals surface area contributed by atoms with E-state index in [1.807, 2.05) is 6.92 Å². The number of ether oxygens (including phenoxy) is 1. The minimum Gasteiger partial charge on any atom is -0.441 e. The predicted molar refractivity (Wildman–Crippen MR) is 42.6 cm³/mol. The summed E-state index contributed by atoms with van der Waals surface area (Å²) in [5.74, 6) is 0.212. The monoisotopic (exact) mass is 184 g/mol. The first kappa shape index (κ1) is 8.03. The number of aromatic nitrogens is 2. The van der Waals surface area contributed by atoms with E-state index in [2.05, 4.69) is 9.82 Å². The maximum atomic E-state index is 11.0. The van der Waals surface area contributed by atoms with Crippen molar-refractivity contribution in [2.75, 3.05) is 7.11 Å². The van der Waals surface area contributed by atoms with E-state index >= 15 is 0 Å². The Bertz CT molecular complexity index is 323. The molecule has 0 bridgehead atoms. The van der Waals surface area contributed by atoms with Crippen LogP contribution in [0.2, 0.25) is 0 Å². The zero-order chi connectivity index (χ0) is 9.42. The van der Waals surface area contributed by atoms with Gasteiger partial charge in [0.25, 0.3) is 0 Å². The Kier molecular flexibility index (Phi) is 1.68. The summed E-state index contributed by atoms with van der Waals surface area (Å²) >= 11 is 0. The van der Waals surface area contributed by atoms with Gasteiger partial charge in [-0.3, -0.25) is 4.57 Å². The highest BCUT2D eigenvalue weighted by atomic mass is 16.8. The van der Waals surface area contributed by atoms with Crippen LogP contribution in [-0.2, 0) is 11.4 Å². The summed E-state index contributed by atoms with van der Waals surface area (Å²) in [4.78, 5) is 19.7. The molecule has 0 unspecified atom stereocenters. The highest BCUT2D eigenvalue weighted by Gasteiger charge is 2.30. The summed E-state index contributed by atoms with van der Waals surface area (Å²) < 4.78 is 7.09. The SMILES string of the molecule is CO[N+](=O)c1cn2c(n1)O[C@H](C)C2. The average Bonchev–Trinajstić information content (AvgIpc) is 2.59. The Morgan fingerprint density at radius 1 is 1.85 bits per heavy atom. The van der Waals surface area contributed by atoms with Crippen LogP contribution in [0, 0.1) is 4.91 Å². The highest BCUT2D eigenvalue weighted by Crippen LogP contribution is 2.24. The summed E-state index contributed by atoms with van der Waals surface area (Å²) in [6, 6.07) is 0.473. The van der Waals surface area contributed by atoms with Crippen molar-refractivity contribution in [1.82, 2.24) is 9.55 Å². The highest BCUT2D eigenvalue weighted by molar-refractivity contribution is 5.21. The lowest BCUT2D eigenvalue weighted by atomic mass is 10.4. The van der Waals surface area contributed by atoms with Gasteiger partial charge >= 0.3 is 11.8 Å². The maximum Gasteiger partial charge on any atom is 0.430 e. The summed E-state index contributed by atoms with van der Waals surface area (Å²) in [7, 11) is 1.29. The van der Waals surface area contributed by atoms with Gasteiger partial charge in [-0.15, -0.1) is 0 Å². The lowest BCUT2D eigenvalue weighted by Gasteiger charge is -1.96. The number of nitrogens with zero attached hydrogens (tertiary/aromatic N) is 3. The van der Waals surface area contributed by atoms with E-state index in [-0.39, 0.29) is 11.9 Å². The molecule has 0 aromatic carbocycles. The quantitative estimate of drug-likeness (QED) is 0.633. The van der Waals surface area contributed by atoms with E-state index in [9.17, 15) is 4.91 Å². The topological polar surface area (TPSA) is 56.4 Å². The van der Waals surface area contributed by atoms with Crippen LogP contribution in [0.25, 0.3) is 0 Å².